The molecule has 0 bridgehead atoms. The molecule has 0 heterocycles. The molecule has 0 aromatic rings. The van der Waals surface area contributed by atoms with Crippen molar-refractivity contribution in [2.45, 2.75) is 70.9 Å². The number of halogens is 2. The molecule has 2 unspecified atom stereocenters. The van der Waals surface area contributed by atoms with E-state index in [0.29, 0.717) is 12.8 Å². The summed E-state index contributed by atoms with van der Waals surface area (Å²) in [6.07, 6.45) is 0.405. The van der Waals surface area contributed by atoms with Crippen molar-refractivity contribution in [3.63, 3.8) is 0 Å². The molecule has 0 aliphatic heterocycles. The van der Waals surface area contributed by atoms with Gasteiger partial charge in [-0.2, -0.15) is 0 Å². The van der Waals surface area contributed by atoms with E-state index in [9.17, 15) is 13.9 Å². The van der Waals surface area contributed by atoms with Crippen LogP contribution in [-0.2, 0) is 0 Å². The van der Waals surface area contributed by atoms with Crippen LogP contribution in [0.2, 0.25) is 0 Å². The Morgan fingerprint density at radius 3 is 2.28 bits per heavy atom. The van der Waals surface area contributed by atoms with Gasteiger partial charge in [0.15, 0.2) is 0 Å². The molecular formula is C14H27F2NO. The van der Waals surface area contributed by atoms with Gasteiger partial charge >= 0.3 is 0 Å². The lowest BCUT2D eigenvalue weighted by Crippen LogP contribution is -2.52. The monoisotopic (exact) mass is 263 g/mol. The second-order valence-corrected chi connectivity index (χ2v) is 6.04. The highest BCUT2D eigenvalue weighted by Gasteiger charge is 2.42. The molecule has 2 atom stereocenters. The molecule has 1 rings (SSSR count). The maximum atomic E-state index is 13.1. The van der Waals surface area contributed by atoms with E-state index < -0.39 is 12.0 Å². The third-order valence-corrected chi connectivity index (χ3v) is 4.46. The van der Waals surface area contributed by atoms with Gasteiger partial charge in [-0.1, -0.05) is 13.8 Å². The molecule has 1 N–H and O–H groups in total. The quantitative estimate of drug-likeness (QED) is 0.795. The van der Waals surface area contributed by atoms with Gasteiger partial charge in [-0.05, 0) is 45.7 Å². The highest BCUT2D eigenvalue weighted by Crippen LogP contribution is 2.41. The molecule has 4 heteroatoms. The Morgan fingerprint density at radius 1 is 1.33 bits per heavy atom. The molecule has 0 aromatic carbocycles. The third kappa shape index (κ3) is 3.64. The third-order valence-electron chi connectivity index (χ3n) is 4.46. The number of aliphatic hydroxyl groups is 1. The Morgan fingerprint density at radius 2 is 1.89 bits per heavy atom. The fourth-order valence-electron chi connectivity index (χ4n) is 3.10. The maximum absolute atomic E-state index is 13.1. The molecule has 0 saturated heterocycles. The number of nitrogens with zero attached hydrogens (tertiary/aromatic N) is 1. The summed E-state index contributed by atoms with van der Waals surface area (Å²) in [5, 5.41) is 10.4. The van der Waals surface area contributed by atoms with E-state index in [4.69, 9.17) is 0 Å². The zero-order valence-electron chi connectivity index (χ0n) is 12.0. The van der Waals surface area contributed by atoms with Gasteiger partial charge in [-0.25, -0.2) is 8.78 Å². The fraction of sp³-hybridized carbons (Fsp3) is 1.00. The van der Waals surface area contributed by atoms with Crippen LogP contribution in [-0.4, -0.2) is 40.7 Å². The Labute approximate surface area is 109 Å². The molecule has 0 amide bonds. The SMILES string of the molecule is CCN(CC)C(C)(C)C(O)CC1CCC(F)(F)C1. The maximum Gasteiger partial charge on any atom is 0.248 e. The van der Waals surface area contributed by atoms with Crippen LogP contribution in [0.15, 0.2) is 0 Å². The van der Waals surface area contributed by atoms with Crippen molar-refractivity contribution in [3.05, 3.63) is 0 Å². The topological polar surface area (TPSA) is 23.5 Å². The van der Waals surface area contributed by atoms with Gasteiger partial charge in [0.2, 0.25) is 5.92 Å². The summed E-state index contributed by atoms with van der Waals surface area (Å²) >= 11 is 0. The minimum atomic E-state index is -2.51. The summed E-state index contributed by atoms with van der Waals surface area (Å²) in [5.41, 5.74) is -0.346. The van der Waals surface area contributed by atoms with E-state index in [1.807, 2.05) is 13.8 Å². The molecule has 1 aliphatic carbocycles. The van der Waals surface area contributed by atoms with Crippen LogP contribution in [0.1, 0.15) is 53.4 Å². The second kappa shape index (κ2) is 5.83. The van der Waals surface area contributed by atoms with Crippen LogP contribution in [0, 0.1) is 5.92 Å². The minimum Gasteiger partial charge on any atom is -0.391 e. The first-order chi connectivity index (χ1) is 8.23. The van der Waals surface area contributed by atoms with Crippen LogP contribution in [0.5, 0.6) is 0 Å². The van der Waals surface area contributed by atoms with Gasteiger partial charge in [0.1, 0.15) is 0 Å². The largest absolute Gasteiger partial charge is 0.391 e. The van der Waals surface area contributed by atoms with E-state index >= 15 is 0 Å². The highest BCUT2D eigenvalue weighted by molar-refractivity contribution is 4.92. The van der Waals surface area contributed by atoms with Gasteiger partial charge in [-0.15, -0.1) is 0 Å². The number of hydrogen-bond acceptors (Lipinski definition) is 2. The van der Waals surface area contributed by atoms with Crippen LogP contribution >= 0.6 is 0 Å². The molecule has 108 valence electrons. The Bertz CT molecular complexity index is 265. The van der Waals surface area contributed by atoms with Crippen molar-refractivity contribution in [1.29, 1.82) is 0 Å². The number of alkyl halides is 2. The fourth-order valence-corrected chi connectivity index (χ4v) is 3.10. The number of rotatable bonds is 6. The summed E-state index contributed by atoms with van der Waals surface area (Å²) in [6, 6.07) is 0. The van der Waals surface area contributed by atoms with E-state index in [1.54, 1.807) is 0 Å². The lowest BCUT2D eigenvalue weighted by molar-refractivity contribution is -0.0255. The van der Waals surface area contributed by atoms with E-state index in [2.05, 4.69) is 18.7 Å². The van der Waals surface area contributed by atoms with Crippen LogP contribution in [0.3, 0.4) is 0 Å². The first-order valence-electron chi connectivity index (χ1n) is 7.04. The van der Waals surface area contributed by atoms with Crippen molar-refractivity contribution in [3.8, 4) is 0 Å². The minimum absolute atomic E-state index is 0.0178. The highest BCUT2D eigenvalue weighted by atomic mass is 19.3. The Balaban J connectivity index is 2.56. The van der Waals surface area contributed by atoms with Gasteiger partial charge in [0, 0.05) is 18.4 Å². The number of aliphatic hydroxyl groups excluding tert-OH is 1. The van der Waals surface area contributed by atoms with Gasteiger partial charge in [0.25, 0.3) is 0 Å². The lowest BCUT2D eigenvalue weighted by Gasteiger charge is -2.41. The molecule has 18 heavy (non-hydrogen) atoms. The average Bonchev–Trinajstić information content (AvgIpc) is 2.59. The van der Waals surface area contributed by atoms with E-state index in [1.165, 1.54) is 0 Å². The van der Waals surface area contributed by atoms with Crippen molar-refractivity contribution in [1.82, 2.24) is 4.90 Å². The number of likely N-dealkylation sites (N-methyl/N-ethyl adjacent to an activating group) is 1. The summed E-state index contributed by atoms with van der Waals surface area (Å²) in [7, 11) is 0. The van der Waals surface area contributed by atoms with Crippen molar-refractivity contribution in [2.24, 2.45) is 5.92 Å². The van der Waals surface area contributed by atoms with Gasteiger partial charge in [-0.3, -0.25) is 4.90 Å². The molecule has 0 radical (unpaired) electrons. The van der Waals surface area contributed by atoms with E-state index in [-0.39, 0.29) is 24.3 Å². The van der Waals surface area contributed by atoms with Crippen molar-refractivity contribution in [2.75, 3.05) is 13.1 Å². The summed E-state index contributed by atoms with van der Waals surface area (Å²) in [6.45, 7) is 9.83. The van der Waals surface area contributed by atoms with Gasteiger partial charge < -0.3 is 5.11 Å². The van der Waals surface area contributed by atoms with Crippen molar-refractivity contribution < 1.29 is 13.9 Å². The zero-order chi connectivity index (χ0) is 14.0. The van der Waals surface area contributed by atoms with Crippen molar-refractivity contribution >= 4 is 0 Å². The first kappa shape index (κ1) is 15.8. The van der Waals surface area contributed by atoms with E-state index in [0.717, 1.165) is 13.1 Å². The average molecular weight is 263 g/mol. The molecule has 0 aromatic heterocycles. The first-order valence-corrected chi connectivity index (χ1v) is 7.04. The molecule has 1 aliphatic rings. The molecule has 1 saturated carbocycles. The van der Waals surface area contributed by atoms with Crippen LogP contribution in [0.25, 0.3) is 0 Å². The summed E-state index contributed by atoms with van der Waals surface area (Å²) in [5.74, 6) is -2.55. The van der Waals surface area contributed by atoms with Crippen LogP contribution < -0.4 is 0 Å². The van der Waals surface area contributed by atoms with Crippen LogP contribution in [0.4, 0.5) is 8.78 Å². The lowest BCUT2D eigenvalue weighted by atomic mass is 9.87. The number of hydrogen-bond donors (Lipinski definition) is 1. The van der Waals surface area contributed by atoms with Gasteiger partial charge in [0.05, 0.1) is 6.10 Å². The zero-order valence-corrected chi connectivity index (χ0v) is 12.0. The standard InChI is InChI=1S/C14H27F2NO/c1-5-17(6-2)13(3,4)12(18)9-11-7-8-14(15,16)10-11/h11-12,18H,5-10H2,1-4H3. The molecule has 0 spiro atoms. The Kier molecular flexibility index (Phi) is 5.13. The Hall–Kier alpha value is -0.220. The molecular weight excluding hydrogens is 236 g/mol. The summed E-state index contributed by atoms with van der Waals surface area (Å²) in [4.78, 5) is 2.19. The predicted molar refractivity (Wildman–Crippen MR) is 69.9 cm³/mol. The normalized spacial score (nSPS) is 25.7. The molecule has 1 fully saturated rings. The molecule has 2 nitrogen and oxygen atoms in total. The smallest absolute Gasteiger partial charge is 0.248 e. The predicted octanol–water partition coefficient (Wildman–Crippen LogP) is 3.29. The second-order valence-electron chi connectivity index (χ2n) is 6.04. The summed E-state index contributed by atoms with van der Waals surface area (Å²) < 4.78 is 26.3.